The largest absolute Gasteiger partial charge is 0.496 e. The number of ether oxygens (including phenoxy) is 1. The molecule has 0 unspecified atom stereocenters. The third-order valence-corrected chi connectivity index (χ3v) is 3.57. The maximum absolute atomic E-state index is 11.8. The molecule has 3 rings (SSSR count). The third kappa shape index (κ3) is 2.37. The highest BCUT2D eigenvalue weighted by Crippen LogP contribution is 2.29. The number of carbonyl (C=O) groups is 1. The molecule has 0 atom stereocenters. The van der Waals surface area contributed by atoms with Crippen molar-refractivity contribution in [2.75, 3.05) is 7.11 Å². The van der Waals surface area contributed by atoms with Gasteiger partial charge in [-0.1, -0.05) is 30.3 Å². The summed E-state index contributed by atoms with van der Waals surface area (Å²) < 4.78 is 5.46. The summed E-state index contributed by atoms with van der Waals surface area (Å²) in [6, 6.07) is 12.2. The smallest absolute Gasteiger partial charge is 0.181 e. The Morgan fingerprint density at radius 1 is 1.20 bits per heavy atom. The predicted octanol–water partition coefficient (Wildman–Crippen LogP) is 4.15. The molecule has 1 aliphatic carbocycles. The number of fused-ring (bicyclic) bond motifs is 1. The van der Waals surface area contributed by atoms with Crippen LogP contribution in [-0.2, 0) is 4.79 Å². The van der Waals surface area contributed by atoms with E-state index >= 15 is 0 Å². The van der Waals surface area contributed by atoms with Crippen molar-refractivity contribution in [1.29, 1.82) is 0 Å². The Hall–Kier alpha value is -2.35. The van der Waals surface area contributed by atoms with E-state index in [0.29, 0.717) is 0 Å². The van der Waals surface area contributed by atoms with Gasteiger partial charge >= 0.3 is 0 Å². The van der Waals surface area contributed by atoms with Crippen LogP contribution in [0.4, 0.5) is 0 Å². The van der Waals surface area contributed by atoms with Gasteiger partial charge in [0.15, 0.2) is 5.78 Å². The van der Waals surface area contributed by atoms with E-state index < -0.39 is 0 Å². The molecule has 0 spiro atoms. The van der Waals surface area contributed by atoms with Crippen LogP contribution in [0.3, 0.4) is 0 Å². The highest BCUT2D eigenvalue weighted by molar-refractivity contribution is 6.08. The highest BCUT2D eigenvalue weighted by Gasteiger charge is 2.10. The van der Waals surface area contributed by atoms with E-state index in [9.17, 15) is 4.79 Å². The van der Waals surface area contributed by atoms with Gasteiger partial charge in [0.05, 0.1) is 7.11 Å². The molecule has 0 bridgehead atoms. The zero-order valence-corrected chi connectivity index (χ0v) is 11.4. The second-order valence-electron chi connectivity index (χ2n) is 4.92. The van der Waals surface area contributed by atoms with Gasteiger partial charge in [0.2, 0.25) is 0 Å². The Labute approximate surface area is 118 Å². The monoisotopic (exact) mass is 264 g/mol. The molecule has 0 saturated carbocycles. The van der Waals surface area contributed by atoms with Crippen molar-refractivity contribution in [3.8, 4) is 5.75 Å². The first-order valence-electron chi connectivity index (χ1n) is 6.76. The van der Waals surface area contributed by atoms with Crippen LogP contribution in [0.2, 0.25) is 0 Å². The van der Waals surface area contributed by atoms with E-state index in [2.05, 4.69) is 12.1 Å². The van der Waals surface area contributed by atoms with Gasteiger partial charge in [-0.05, 0) is 48.1 Å². The first kappa shape index (κ1) is 12.7. The normalized spacial score (nSPS) is 16.9. The lowest BCUT2D eigenvalue weighted by Gasteiger charge is -2.10. The van der Waals surface area contributed by atoms with Crippen LogP contribution in [0.5, 0.6) is 5.75 Å². The Morgan fingerprint density at radius 3 is 2.85 bits per heavy atom. The number of allylic oxidation sites excluding steroid dienone is 3. The van der Waals surface area contributed by atoms with Crippen LogP contribution in [0.1, 0.15) is 18.4 Å². The molecule has 20 heavy (non-hydrogen) atoms. The number of hydrogen-bond acceptors (Lipinski definition) is 2. The van der Waals surface area contributed by atoms with Gasteiger partial charge in [0.25, 0.3) is 0 Å². The fourth-order valence-electron chi connectivity index (χ4n) is 2.55. The number of rotatable bonds is 2. The van der Waals surface area contributed by atoms with E-state index in [4.69, 9.17) is 4.74 Å². The number of benzene rings is 2. The third-order valence-electron chi connectivity index (χ3n) is 3.57. The molecule has 0 aliphatic heterocycles. The molecule has 0 heterocycles. The number of methoxy groups -OCH3 is 1. The van der Waals surface area contributed by atoms with Crippen molar-refractivity contribution in [3.05, 3.63) is 59.7 Å². The van der Waals surface area contributed by atoms with E-state index in [1.54, 1.807) is 13.2 Å². The molecule has 2 aromatic carbocycles. The van der Waals surface area contributed by atoms with E-state index in [-0.39, 0.29) is 5.78 Å². The molecule has 2 heteroatoms. The first-order valence-corrected chi connectivity index (χ1v) is 6.76. The minimum atomic E-state index is 0.114. The topological polar surface area (TPSA) is 26.3 Å². The summed E-state index contributed by atoms with van der Waals surface area (Å²) in [6.45, 7) is 0. The van der Waals surface area contributed by atoms with E-state index in [0.717, 1.165) is 40.5 Å². The molecule has 0 fully saturated rings. The Balaban J connectivity index is 2.10. The van der Waals surface area contributed by atoms with Crippen molar-refractivity contribution in [1.82, 2.24) is 0 Å². The zero-order valence-electron chi connectivity index (χ0n) is 11.4. The van der Waals surface area contributed by atoms with Crippen molar-refractivity contribution in [2.24, 2.45) is 0 Å². The first-order chi connectivity index (χ1) is 9.78. The summed E-state index contributed by atoms with van der Waals surface area (Å²) in [5.41, 5.74) is 1.88. The van der Waals surface area contributed by atoms with Gasteiger partial charge in [-0.25, -0.2) is 0 Å². The van der Waals surface area contributed by atoms with Gasteiger partial charge < -0.3 is 4.74 Å². The fraction of sp³-hybridized carbons (Fsp3) is 0.167. The molecular weight excluding hydrogens is 248 g/mol. The van der Waals surface area contributed by atoms with Gasteiger partial charge in [-0.2, -0.15) is 0 Å². The van der Waals surface area contributed by atoms with Crippen LogP contribution in [0, 0.1) is 0 Å². The molecule has 1 aliphatic rings. The Kier molecular flexibility index (Phi) is 3.38. The molecule has 0 aromatic heterocycles. The van der Waals surface area contributed by atoms with Crippen molar-refractivity contribution < 1.29 is 9.53 Å². The average molecular weight is 264 g/mol. The predicted molar refractivity (Wildman–Crippen MR) is 81.9 cm³/mol. The minimum absolute atomic E-state index is 0.114. The quantitative estimate of drug-likeness (QED) is 0.762. The standard InChI is InChI=1S/C18H16O2/c1-20-18-12-13(10-14-6-2-4-8-16(14)18)11-15-7-3-5-9-17(15)19/h2,4-6,8-12H,3,7H2,1H3/b15-11+. The number of hydrogen-bond donors (Lipinski definition) is 0. The lowest BCUT2D eigenvalue weighted by atomic mass is 9.96. The van der Waals surface area contributed by atoms with E-state index in [1.165, 1.54) is 0 Å². The SMILES string of the molecule is COc1cc(/C=C2\CCC=CC2=O)cc2ccccc12. The summed E-state index contributed by atoms with van der Waals surface area (Å²) in [6.07, 6.45) is 7.31. The summed E-state index contributed by atoms with van der Waals surface area (Å²) in [5.74, 6) is 0.956. The summed E-state index contributed by atoms with van der Waals surface area (Å²) in [7, 11) is 1.67. The van der Waals surface area contributed by atoms with Gasteiger partial charge in [-0.3, -0.25) is 4.79 Å². The number of carbonyl (C=O) groups excluding carboxylic acids is 1. The Morgan fingerprint density at radius 2 is 2.05 bits per heavy atom. The molecule has 0 radical (unpaired) electrons. The summed E-state index contributed by atoms with van der Waals surface area (Å²) in [5, 5.41) is 2.21. The van der Waals surface area contributed by atoms with Crippen LogP contribution < -0.4 is 4.74 Å². The molecule has 0 amide bonds. The second-order valence-corrected chi connectivity index (χ2v) is 4.92. The zero-order chi connectivity index (χ0) is 13.9. The molecular formula is C18H16O2. The number of ketones is 1. The minimum Gasteiger partial charge on any atom is -0.496 e. The van der Waals surface area contributed by atoms with Crippen LogP contribution in [0.15, 0.2) is 54.1 Å². The maximum Gasteiger partial charge on any atom is 0.181 e. The summed E-state index contributed by atoms with van der Waals surface area (Å²) in [4.78, 5) is 11.8. The van der Waals surface area contributed by atoms with Crippen molar-refractivity contribution in [2.45, 2.75) is 12.8 Å². The fourth-order valence-corrected chi connectivity index (χ4v) is 2.55. The summed E-state index contributed by atoms with van der Waals surface area (Å²) >= 11 is 0. The lowest BCUT2D eigenvalue weighted by molar-refractivity contribution is -0.111. The van der Waals surface area contributed by atoms with Crippen LogP contribution in [-0.4, -0.2) is 12.9 Å². The molecule has 0 N–H and O–H groups in total. The lowest BCUT2D eigenvalue weighted by Crippen LogP contribution is -2.02. The molecule has 100 valence electrons. The molecule has 2 aromatic rings. The van der Waals surface area contributed by atoms with E-state index in [1.807, 2.05) is 36.4 Å². The van der Waals surface area contributed by atoms with Crippen molar-refractivity contribution >= 4 is 22.6 Å². The van der Waals surface area contributed by atoms with Crippen molar-refractivity contribution in [3.63, 3.8) is 0 Å². The van der Waals surface area contributed by atoms with Crippen LogP contribution in [0.25, 0.3) is 16.8 Å². The molecule has 2 nitrogen and oxygen atoms in total. The van der Waals surface area contributed by atoms with Gasteiger partial charge in [0.1, 0.15) is 5.75 Å². The van der Waals surface area contributed by atoms with Crippen LogP contribution >= 0.6 is 0 Å². The highest BCUT2D eigenvalue weighted by atomic mass is 16.5. The second kappa shape index (κ2) is 5.33. The van der Waals surface area contributed by atoms with Gasteiger partial charge in [-0.15, -0.1) is 0 Å². The molecule has 0 saturated heterocycles. The van der Waals surface area contributed by atoms with Gasteiger partial charge in [0, 0.05) is 11.0 Å². The Bertz CT molecular complexity index is 723. The maximum atomic E-state index is 11.8. The average Bonchev–Trinajstić information content (AvgIpc) is 2.49.